The molecule has 2 nitrogen and oxygen atoms in total. The van der Waals surface area contributed by atoms with Gasteiger partial charge in [0.15, 0.2) is 0 Å². The van der Waals surface area contributed by atoms with Crippen molar-refractivity contribution in [1.82, 2.24) is 5.32 Å². The van der Waals surface area contributed by atoms with Gasteiger partial charge in [0, 0.05) is 19.0 Å². The SMILES string of the molecule is CNCc1cc(C)cc(C(C)(F)F)c1OC. The van der Waals surface area contributed by atoms with Gasteiger partial charge in [-0.2, -0.15) is 0 Å². The molecule has 1 aromatic carbocycles. The summed E-state index contributed by atoms with van der Waals surface area (Å²) >= 11 is 0. The molecular formula is C12H17F2NO. The van der Waals surface area contributed by atoms with Crippen molar-refractivity contribution in [1.29, 1.82) is 0 Å². The summed E-state index contributed by atoms with van der Waals surface area (Å²) in [6, 6.07) is 3.32. The van der Waals surface area contributed by atoms with Crippen molar-refractivity contribution in [3.05, 3.63) is 28.8 Å². The summed E-state index contributed by atoms with van der Waals surface area (Å²) in [5, 5.41) is 2.94. The number of hydrogen-bond acceptors (Lipinski definition) is 2. The summed E-state index contributed by atoms with van der Waals surface area (Å²) in [4.78, 5) is 0. The lowest BCUT2D eigenvalue weighted by Crippen LogP contribution is -2.14. The maximum absolute atomic E-state index is 13.4. The second kappa shape index (κ2) is 4.78. The molecule has 0 atom stereocenters. The predicted octanol–water partition coefficient (Wildman–Crippen LogP) is 2.83. The first-order valence-corrected chi connectivity index (χ1v) is 5.10. The smallest absolute Gasteiger partial charge is 0.274 e. The van der Waals surface area contributed by atoms with Gasteiger partial charge in [-0.3, -0.25) is 0 Å². The number of rotatable bonds is 4. The topological polar surface area (TPSA) is 21.3 Å². The van der Waals surface area contributed by atoms with E-state index >= 15 is 0 Å². The third kappa shape index (κ3) is 2.70. The molecule has 0 aliphatic rings. The van der Waals surface area contributed by atoms with Crippen molar-refractivity contribution in [2.24, 2.45) is 0 Å². The molecule has 0 saturated heterocycles. The molecule has 90 valence electrons. The summed E-state index contributed by atoms with van der Waals surface area (Å²) < 4.78 is 31.9. The fourth-order valence-electron chi connectivity index (χ4n) is 1.74. The number of halogens is 2. The number of nitrogens with one attached hydrogen (secondary N) is 1. The molecule has 0 fully saturated rings. The van der Waals surface area contributed by atoms with Crippen LogP contribution in [0, 0.1) is 6.92 Å². The Hall–Kier alpha value is -1.16. The first kappa shape index (κ1) is 12.9. The van der Waals surface area contributed by atoms with Crippen molar-refractivity contribution < 1.29 is 13.5 Å². The van der Waals surface area contributed by atoms with Gasteiger partial charge in [0.05, 0.1) is 12.7 Å². The van der Waals surface area contributed by atoms with Crippen LogP contribution in [0.25, 0.3) is 0 Å². The van der Waals surface area contributed by atoms with Gasteiger partial charge in [0.2, 0.25) is 0 Å². The molecule has 0 aliphatic heterocycles. The van der Waals surface area contributed by atoms with Gasteiger partial charge < -0.3 is 10.1 Å². The van der Waals surface area contributed by atoms with Crippen LogP contribution in [0.3, 0.4) is 0 Å². The summed E-state index contributed by atoms with van der Waals surface area (Å²) in [6.45, 7) is 3.19. The zero-order valence-corrected chi connectivity index (χ0v) is 10.0. The van der Waals surface area contributed by atoms with E-state index in [1.807, 2.05) is 6.07 Å². The van der Waals surface area contributed by atoms with Crippen LogP contribution in [-0.2, 0) is 12.5 Å². The zero-order chi connectivity index (χ0) is 12.3. The van der Waals surface area contributed by atoms with Crippen molar-refractivity contribution >= 4 is 0 Å². The Kier molecular flexibility index (Phi) is 3.86. The maximum atomic E-state index is 13.4. The van der Waals surface area contributed by atoms with Crippen LogP contribution in [0.4, 0.5) is 8.78 Å². The molecular weight excluding hydrogens is 212 g/mol. The number of hydrogen-bond donors (Lipinski definition) is 1. The van der Waals surface area contributed by atoms with E-state index in [4.69, 9.17) is 4.74 Å². The Bertz CT molecular complexity index is 372. The van der Waals surface area contributed by atoms with Crippen LogP contribution >= 0.6 is 0 Å². The molecule has 0 aromatic heterocycles. The van der Waals surface area contributed by atoms with E-state index in [-0.39, 0.29) is 11.3 Å². The number of aryl methyl sites for hydroxylation is 1. The molecule has 0 unspecified atom stereocenters. The first-order chi connectivity index (χ1) is 7.40. The van der Waals surface area contributed by atoms with Crippen molar-refractivity contribution in [2.75, 3.05) is 14.2 Å². The lowest BCUT2D eigenvalue weighted by atomic mass is 10.0. The average Bonchev–Trinajstić information content (AvgIpc) is 2.16. The highest BCUT2D eigenvalue weighted by Crippen LogP contribution is 2.37. The Labute approximate surface area is 94.6 Å². The molecule has 0 radical (unpaired) electrons. The Morgan fingerprint density at radius 2 is 2.00 bits per heavy atom. The second-order valence-corrected chi connectivity index (χ2v) is 3.92. The molecule has 0 bridgehead atoms. The highest BCUT2D eigenvalue weighted by molar-refractivity contribution is 5.46. The standard InChI is InChI=1S/C12H17F2NO/c1-8-5-9(7-15-3)11(16-4)10(6-8)12(2,13)14/h5-6,15H,7H2,1-4H3. The molecule has 0 spiro atoms. The number of alkyl halides is 2. The van der Waals surface area contributed by atoms with Gasteiger partial charge >= 0.3 is 0 Å². The quantitative estimate of drug-likeness (QED) is 0.857. The van der Waals surface area contributed by atoms with E-state index in [9.17, 15) is 8.78 Å². The van der Waals surface area contributed by atoms with Gasteiger partial charge in [-0.15, -0.1) is 0 Å². The van der Waals surface area contributed by atoms with E-state index in [0.717, 1.165) is 18.1 Å². The molecule has 0 aliphatic carbocycles. The molecule has 1 rings (SSSR count). The Morgan fingerprint density at radius 1 is 1.38 bits per heavy atom. The third-order valence-corrected chi connectivity index (χ3v) is 2.35. The summed E-state index contributed by atoms with van der Waals surface area (Å²) in [7, 11) is 3.19. The predicted molar refractivity (Wildman–Crippen MR) is 60.1 cm³/mol. The molecule has 1 N–H and O–H groups in total. The first-order valence-electron chi connectivity index (χ1n) is 5.10. The van der Waals surface area contributed by atoms with Crippen LogP contribution in [-0.4, -0.2) is 14.2 Å². The van der Waals surface area contributed by atoms with Crippen LogP contribution in [0.2, 0.25) is 0 Å². The van der Waals surface area contributed by atoms with Crippen molar-refractivity contribution in [2.45, 2.75) is 26.3 Å². The minimum Gasteiger partial charge on any atom is -0.496 e. The highest BCUT2D eigenvalue weighted by Gasteiger charge is 2.30. The van der Waals surface area contributed by atoms with E-state index < -0.39 is 5.92 Å². The van der Waals surface area contributed by atoms with Gasteiger partial charge in [-0.1, -0.05) is 11.6 Å². The normalized spacial score (nSPS) is 11.6. The maximum Gasteiger partial charge on any atom is 0.274 e. The summed E-state index contributed by atoms with van der Waals surface area (Å²) in [6.07, 6.45) is 0. The van der Waals surface area contributed by atoms with Gasteiger partial charge in [-0.25, -0.2) is 8.78 Å². The summed E-state index contributed by atoms with van der Waals surface area (Å²) in [5.74, 6) is -2.62. The van der Waals surface area contributed by atoms with E-state index in [1.54, 1.807) is 14.0 Å². The van der Waals surface area contributed by atoms with Crippen LogP contribution in [0.15, 0.2) is 12.1 Å². The molecule has 0 amide bonds. The number of ether oxygens (including phenoxy) is 1. The zero-order valence-electron chi connectivity index (χ0n) is 10.0. The van der Waals surface area contributed by atoms with Crippen molar-refractivity contribution in [3.63, 3.8) is 0 Å². The van der Waals surface area contributed by atoms with E-state index in [2.05, 4.69) is 5.32 Å². The lowest BCUT2D eigenvalue weighted by Gasteiger charge is -2.19. The average molecular weight is 229 g/mol. The minimum atomic E-state index is -2.89. The fourth-order valence-corrected chi connectivity index (χ4v) is 1.74. The van der Waals surface area contributed by atoms with E-state index in [0.29, 0.717) is 6.54 Å². The molecule has 0 saturated carbocycles. The van der Waals surface area contributed by atoms with Crippen LogP contribution in [0.1, 0.15) is 23.6 Å². The largest absolute Gasteiger partial charge is 0.496 e. The van der Waals surface area contributed by atoms with E-state index in [1.165, 1.54) is 13.2 Å². The molecule has 1 aromatic rings. The number of benzene rings is 1. The lowest BCUT2D eigenvalue weighted by molar-refractivity contribution is 0.0149. The highest BCUT2D eigenvalue weighted by atomic mass is 19.3. The van der Waals surface area contributed by atoms with Gasteiger partial charge in [0.25, 0.3) is 5.92 Å². The molecule has 16 heavy (non-hydrogen) atoms. The second-order valence-electron chi connectivity index (χ2n) is 3.92. The number of methoxy groups -OCH3 is 1. The van der Waals surface area contributed by atoms with Crippen LogP contribution in [0.5, 0.6) is 5.75 Å². The van der Waals surface area contributed by atoms with Gasteiger partial charge in [-0.05, 0) is 20.0 Å². The summed E-state index contributed by atoms with van der Waals surface area (Å²) in [5.41, 5.74) is 1.50. The Balaban J connectivity index is 3.36. The monoisotopic (exact) mass is 229 g/mol. The minimum absolute atomic E-state index is 0.0553. The molecule has 4 heteroatoms. The van der Waals surface area contributed by atoms with Crippen molar-refractivity contribution in [3.8, 4) is 5.75 Å². The fraction of sp³-hybridized carbons (Fsp3) is 0.500. The molecule has 0 heterocycles. The Morgan fingerprint density at radius 3 is 2.44 bits per heavy atom. The third-order valence-electron chi connectivity index (χ3n) is 2.35. The van der Waals surface area contributed by atoms with Gasteiger partial charge in [0.1, 0.15) is 5.75 Å². The van der Waals surface area contributed by atoms with Crippen LogP contribution < -0.4 is 10.1 Å².